The highest BCUT2D eigenvalue weighted by Gasteiger charge is 2.51. The molecule has 4 saturated carbocycles. The predicted molar refractivity (Wildman–Crippen MR) is 106 cm³/mol. The van der Waals surface area contributed by atoms with E-state index in [2.05, 4.69) is 16.0 Å². The topological polar surface area (TPSA) is 108 Å². The van der Waals surface area contributed by atoms with E-state index in [1.165, 1.54) is 19.3 Å². The number of nitrogens with one attached hydrogen (secondary N) is 3. The third-order valence-electron chi connectivity index (χ3n) is 7.49. The molecule has 4 rings (SSSR count). The molecule has 28 heavy (non-hydrogen) atoms. The predicted octanol–water partition coefficient (Wildman–Crippen LogP) is 2.65. The van der Waals surface area contributed by atoms with Gasteiger partial charge in [-0.05, 0) is 69.1 Å². The summed E-state index contributed by atoms with van der Waals surface area (Å²) in [5.74, 6) is 1.19. The van der Waals surface area contributed by atoms with Crippen molar-refractivity contribution >= 4 is 17.9 Å². The summed E-state index contributed by atoms with van der Waals surface area (Å²) < 4.78 is 0. The quantitative estimate of drug-likeness (QED) is 0.483. The Balaban J connectivity index is 1.38. The van der Waals surface area contributed by atoms with E-state index in [0.717, 1.165) is 37.0 Å². The minimum atomic E-state index is -0.918. The maximum Gasteiger partial charge on any atom is 0.315 e. The van der Waals surface area contributed by atoms with Crippen LogP contribution in [0.3, 0.4) is 0 Å². The van der Waals surface area contributed by atoms with Crippen molar-refractivity contribution in [3.8, 4) is 0 Å². The van der Waals surface area contributed by atoms with Crippen molar-refractivity contribution in [1.29, 1.82) is 0 Å². The van der Waals surface area contributed by atoms with Gasteiger partial charge in [-0.15, -0.1) is 0 Å². The molecule has 0 aromatic rings. The molecule has 3 amide bonds. The first kappa shape index (κ1) is 20.9. The van der Waals surface area contributed by atoms with Crippen molar-refractivity contribution in [2.75, 3.05) is 13.1 Å². The number of amides is 3. The third-order valence-corrected chi connectivity index (χ3v) is 7.49. The molecule has 0 atom stereocenters. The van der Waals surface area contributed by atoms with Gasteiger partial charge in [0.2, 0.25) is 5.91 Å². The van der Waals surface area contributed by atoms with Gasteiger partial charge in [-0.1, -0.05) is 13.8 Å². The molecule has 0 spiro atoms. The molecule has 0 heterocycles. The van der Waals surface area contributed by atoms with Crippen LogP contribution in [-0.4, -0.2) is 41.6 Å². The summed E-state index contributed by atoms with van der Waals surface area (Å²) in [5, 5.41) is 18.2. The van der Waals surface area contributed by atoms with Crippen molar-refractivity contribution in [1.82, 2.24) is 16.0 Å². The fraction of sp³-hybridized carbons (Fsp3) is 0.857. The average molecular weight is 394 g/mol. The summed E-state index contributed by atoms with van der Waals surface area (Å²) >= 11 is 0. The van der Waals surface area contributed by atoms with E-state index in [-0.39, 0.29) is 37.0 Å². The Morgan fingerprint density at radius 3 is 1.96 bits per heavy atom. The van der Waals surface area contributed by atoms with Gasteiger partial charge in [-0.25, -0.2) is 4.79 Å². The number of carbonyl (C=O) groups excluding carboxylic acids is 2. The molecule has 158 valence electrons. The molecule has 4 fully saturated rings. The van der Waals surface area contributed by atoms with Crippen molar-refractivity contribution < 1.29 is 19.5 Å². The van der Waals surface area contributed by atoms with Gasteiger partial charge >= 0.3 is 12.0 Å². The van der Waals surface area contributed by atoms with Gasteiger partial charge in [0, 0.05) is 25.0 Å². The van der Waals surface area contributed by atoms with Crippen molar-refractivity contribution in [3.05, 3.63) is 0 Å². The Morgan fingerprint density at radius 2 is 1.50 bits per heavy atom. The van der Waals surface area contributed by atoms with Gasteiger partial charge < -0.3 is 21.1 Å². The number of rotatable bonds is 9. The molecule has 7 nitrogen and oxygen atoms in total. The molecule has 0 saturated heterocycles. The molecule has 0 aliphatic heterocycles. The van der Waals surface area contributed by atoms with E-state index < -0.39 is 11.4 Å². The molecular formula is C21H35N3O4. The van der Waals surface area contributed by atoms with Crippen LogP contribution in [0.15, 0.2) is 0 Å². The van der Waals surface area contributed by atoms with E-state index in [0.29, 0.717) is 12.8 Å². The van der Waals surface area contributed by atoms with Crippen molar-refractivity contribution in [2.45, 2.75) is 77.2 Å². The van der Waals surface area contributed by atoms with Gasteiger partial charge in [0.25, 0.3) is 0 Å². The lowest BCUT2D eigenvalue weighted by Crippen LogP contribution is -2.61. The van der Waals surface area contributed by atoms with Crippen LogP contribution in [0.5, 0.6) is 0 Å². The van der Waals surface area contributed by atoms with Crippen LogP contribution in [0, 0.1) is 23.2 Å². The molecular weight excluding hydrogens is 358 g/mol. The van der Waals surface area contributed by atoms with Gasteiger partial charge in [-0.3, -0.25) is 9.59 Å². The molecule has 0 aromatic carbocycles. The van der Waals surface area contributed by atoms with Crippen LogP contribution in [0.1, 0.15) is 71.6 Å². The summed E-state index contributed by atoms with van der Waals surface area (Å²) in [5.41, 5.74) is -0.955. The SMILES string of the molecule is CCC(CC)(CNC(=O)CCNC(=O)NC12CC3CC(CC(C3)C1)C2)C(=O)O. The summed E-state index contributed by atoms with van der Waals surface area (Å²) in [6.07, 6.45) is 8.35. The zero-order chi connectivity index (χ0) is 20.4. The highest BCUT2D eigenvalue weighted by atomic mass is 16.4. The molecule has 0 radical (unpaired) electrons. The minimum absolute atomic E-state index is 0.0373. The number of hydrogen-bond donors (Lipinski definition) is 4. The number of hydrogen-bond acceptors (Lipinski definition) is 3. The molecule has 4 aliphatic carbocycles. The largest absolute Gasteiger partial charge is 0.481 e. The molecule has 0 unspecified atom stereocenters. The monoisotopic (exact) mass is 393 g/mol. The van der Waals surface area contributed by atoms with Gasteiger partial charge in [0.15, 0.2) is 0 Å². The average Bonchev–Trinajstić information content (AvgIpc) is 2.61. The van der Waals surface area contributed by atoms with Crippen LogP contribution in [0.25, 0.3) is 0 Å². The zero-order valence-corrected chi connectivity index (χ0v) is 17.2. The highest BCUT2D eigenvalue weighted by Crippen LogP contribution is 2.55. The second-order valence-electron chi connectivity index (χ2n) is 9.40. The maximum absolute atomic E-state index is 12.4. The molecule has 4 aliphatic rings. The summed E-state index contributed by atoms with van der Waals surface area (Å²) in [4.78, 5) is 35.9. The van der Waals surface area contributed by atoms with E-state index in [4.69, 9.17) is 0 Å². The Morgan fingerprint density at radius 1 is 0.964 bits per heavy atom. The second-order valence-corrected chi connectivity index (χ2v) is 9.40. The second kappa shape index (κ2) is 8.29. The smallest absolute Gasteiger partial charge is 0.315 e. The van der Waals surface area contributed by atoms with Crippen LogP contribution >= 0.6 is 0 Å². The van der Waals surface area contributed by atoms with E-state index >= 15 is 0 Å². The zero-order valence-electron chi connectivity index (χ0n) is 17.2. The van der Waals surface area contributed by atoms with Crippen LogP contribution in [0.4, 0.5) is 4.79 Å². The fourth-order valence-corrected chi connectivity index (χ4v) is 6.07. The van der Waals surface area contributed by atoms with Gasteiger partial charge in [0.1, 0.15) is 0 Å². The Hall–Kier alpha value is -1.79. The van der Waals surface area contributed by atoms with Crippen LogP contribution in [-0.2, 0) is 9.59 Å². The van der Waals surface area contributed by atoms with E-state index in [1.807, 2.05) is 13.8 Å². The van der Waals surface area contributed by atoms with E-state index in [9.17, 15) is 19.5 Å². The van der Waals surface area contributed by atoms with Crippen LogP contribution < -0.4 is 16.0 Å². The number of carboxylic acids is 1. The maximum atomic E-state index is 12.4. The molecule has 4 N–H and O–H groups in total. The lowest BCUT2D eigenvalue weighted by Gasteiger charge is -2.56. The number of aliphatic carboxylic acids is 1. The molecule has 7 heteroatoms. The Labute approximate surface area is 167 Å². The third kappa shape index (κ3) is 4.44. The normalized spacial score (nSPS) is 30.7. The number of carboxylic acid groups (broad SMARTS) is 1. The van der Waals surface area contributed by atoms with Gasteiger partial charge in [0.05, 0.1) is 5.41 Å². The molecule has 0 aromatic heterocycles. The minimum Gasteiger partial charge on any atom is -0.481 e. The fourth-order valence-electron chi connectivity index (χ4n) is 6.07. The summed E-state index contributed by atoms with van der Waals surface area (Å²) in [7, 11) is 0. The highest BCUT2D eigenvalue weighted by molar-refractivity contribution is 5.80. The van der Waals surface area contributed by atoms with Crippen LogP contribution in [0.2, 0.25) is 0 Å². The first-order chi connectivity index (χ1) is 13.3. The number of urea groups is 1. The first-order valence-electron chi connectivity index (χ1n) is 10.9. The number of carbonyl (C=O) groups is 3. The van der Waals surface area contributed by atoms with Crippen molar-refractivity contribution in [2.24, 2.45) is 23.2 Å². The van der Waals surface area contributed by atoms with E-state index in [1.54, 1.807) is 0 Å². The van der Waals surface area contributed by atoms with Gasteiger partial charge in [-0.2, -0.15) is 0 Å². The Kier molecular flexibility index (Phi) is 6.20. The first-order valence-corrected chi connectivity index (χ1v) is 10.9. The lowest BCUT2D eigenvalue weighted by atomic mass is 9.53. The lowest BCUT2D eigenvalue weighted by molar-refractivity contribution is -0.149. The molecule has 4 bridgehead atoms. The van der Waals surface area contributed by atoms with Crippen molar-refractivity contribution in [3.63, 3.8) is 0 Å². The Bertz CT molecular complexity index is 579. The summed E-state index contributed by atoms with van der Waals surface area (Å²) in [6.45, 7) is 4.01. The standard InChI is InChI=1S/C21H35N3O4/c1-3-20(4-2,18(26)27)13-23-17(25)5-6-22-19(28)24-21-10-14-7-15(11-21)9-16(8-14)12-21/h14-16H,3-13H2,1-2H3,(H,23,25)(H,26,27)(H2,22,24,28). The summed E-state index contributed by atoms with van der Waals surface area (Å²) in [6, 6.07) is -0.184.